The fourth-order valence-electron chi connectivity index (χ4n) is 3.40. The summed E-state index contributed by atoms with van der Waals surface area (Å²) in [4.78, 5) is 65.3. The number of aromatic hydroxyl groups is 2. The van der Waals surface area contributed by atoms with E-state index in [4.69, 9.17) is 94.5 Å². The van der Waals surface area contributed by atoms with Gasteiger partial charge in [-0.3, -0.25) is 4.55 Å². The summed E-state index contributed by atoms with van der Waals surface area (Å²) in [7, 11) is -4.78. The van der Waals surface area contributed by atoms with Gasteiger partial charge in [0.1, 0.15) is 28.6 Å². The minimum absolute atomic E-state index is 0.0276. The topological polar surface area (TPSA) is 465 Å². The molecule has 0 atom stereocenters. The number of carbonyl (C=O) groups excluding carboxylic acids is 1. The first-order valence-corrected chi connectivity index (χ1v) is 17.2. The number of hydrogen-bond acceptors (Lipinski definition) is 14. The van der Waals surface area contributed by atoms with E-state index in [0.29, 0.717) is 11.1 Å². The van der Waals surface area contributed by atoms with Gasteiger partial charge in [0.05, 0.1) is 0 Å². The van der Waals surface area contributed by atoms with Gasteiger partial charge in [-0.15, -0.1) is 0 Å². The molecule has 14 N–H and O–H groups in total. The monoisotopic (exact) mass is 922 g/mol. The lowest BCUT2D eigenvalue weighted by molar-refractivity contribution is 0.0728. The van der Waals surface area contributed by atoms with Crippen LogP contribution in [0.4, 0.5) is 28.8 Å². The van der Waals surface area contributed by atoms with Crippen molar-refractivity contribution < 1.29 is 127 Å². The summed E-state index contributed by atoms with van der Waals surface area (Å²) in [6, 6.07) is 26.0. The van der Waals surface area contributed by atoms with Crippen molar-refractivity contribution in [3.05, 3.63) is 114 Å². The van der Waals surface area contributed by atoms with Crippen LogP contribution in [0.1, 0.15) is 42.3 Å². The van der Waals surface area contributed by atoms with Gasteiger partial charge in [0.15, 0.2) is 5.75 Å². The zero-order valence-electron chi connectivity index (χ0n) is 32.8. The molecule has 348 valence electrons. The van der Waals surface area contributed by atoms with Crippen LogP contribution in [0.2, 0.25) is 0 Å². The maximum atomic E-state index is 12.4. The highest BCUT2D eigenvalue weighted by Crippen LogP contribution is 2.35. The van der Waals surface area contributed by atoms with E-state index < -0.39 is 58.7 Å². The first-order valence-electron chi connectivity index (χ1n) is 15.8. The summed E-state index contributed by atoms with van der Waals surface area (Å²) < 4.78 is 44.8. The van der Waals surface area contributed by atoms with Gasteiger partial charge in [-0.25, -0.2) is 33.6 Å². The van der Waals surface area contributed by atoms with Gasteiger partial charge in [-0.1, -0.05) is 69.3 Å². The van der Waals surface area contributed by atoms with Gasteiger partial charge >= 0.3 is 53.3 Å². The molecule has 0 aliphatic rings. The second-order valence-corrected chi connectivity index (χ2v) is 12.2. The predicted molar refractivity (Wildman–Crippen MR) is 212 cm³/mol. The molecule has 0 fully saturated rings. The van der Waals surface area contributed by atoms with Crippen LogP contribution in [-0.2, 0) is 15.8 Å². The van der Waals surface area contributed by atoms with Crippen LogP contribution in [0.25, 0.3) is 0 Å². The molecular formula is C36H42O26S. The molecule has 0 heterocycles. The van der Waals surface area contributed by atoms with Crippen molar-refractivity contribution in [2.24, 2.45) is 0 Å². The Balaban J connectivity index is -0.000000377. The van der Waals surface area contributed by atoms with E-state index in [1.807, 2.05) is 57.2 Å². The molecule has 0 aromatic heterocycles. The smallest absolute Gasteiger partial charge is 0.508 e. The molecule has 27 heteroatoms. The zero-order chi connectivity index (χ0) is 50.1. The number of hydrogen-bond donors (Lipinski definition) is 14. The molecule has 0 aliphatic carbocycles. The van der Waals surface area contributed by atoms with Gasteiger partial charge in [0, 0.05) is 5.56 Å². The van der Waals surface area contributed by atoms with Crippen molar-refractivity contribution >= 4 is 53.3 Å². The van der Waals surface area contributed by atoms with Crippen LogP contribution >= 0.6 is 0 Å². The number of rotatable bonds is 5. The van der Waals surface area contributed by atoms with E-state index in [0.717, 1.165) is 0 Å². The van der Waals surface area contributed by atoms with Crippen LogP contribution < -0.4 is 13.7 Å². The fraction of sp³-hybridized carbons (Fsp3) is 0.139. The molecule has 0 saturated heterocycles. The lowest BCUT2D eigenvalue weighted by Gasteiger charge is -2.22. The van der Waals surface area contributed by atoms with Gasteiger partial charge in [0.25, 0.3) is 0 Å². The van der Waals surface area contributed by atoms with Gasteiger partial charge < -0.3 is 80.0 Å². The molecule has 4 aromatic carbocycles. The van der Waals surface area contributed by atoms with E-state index in [2.05, 4.69) is 8.92 Å². The Hall–Kier alpha value is -8.72. The lowest BCUT2D eigenvalue weighted by atomic mass is 9.86. The Labute approximate surface area is 355 Å². The summed E-state index contributed by atoms with van der Waals surface area (Å²) in [5.41, 5.74) is 0.582. The van der Waals surface area contributed by atoms with E-state index in [1.54, 1.807) is 6.92 Å². The molecule has 0 spiro atoms. The average molecular weight is 923 g/mol. The first kappa shape index (κ1) is 61.0. The Morgan fingerprint density at radius 3 is 1.17 bits per heavy atom. The van der Waals surface area contributed by atoms with E-state index in [-0.39, 0.29) is 34.3 Å². The number of ether oxygens (including phenoxy) is 2. The molecule has 0 radical (unpaired) electrons. The largest absolute Gasteiger partial charge is 0.511 e. The van der Waals surface area contributed by atoms with Crippen LogP contribution in [0.15, 0.2) is 97.1 Å². The molecule has 0 bridgehead atoms. The van der Waals surface area contributed by atoms with Crippen molar-refractivity contribution in [1.82, 2.24) is 0 Å². The number of carboxylic acid groups (broad SMARTS) is 11. The molecule has 0 unspecified atom stereocenters. The molecule has 0 saturated carbocycles. The fourth-order valence-corrected chi connectivity index (χ4v) is 3.77. The third kappa shape index (κ3) is 42.7. The van der Waals surface area contributed by atoms with Crippen LogP contribution in [0.3, 0.4) is 0 Å². The van der Waals surface area contributed by atoms with E-state index in [9.17, 15) is 23.1 Å². The minimum atomic E-state index is -4.78. The maximum absolute atomic E-state index is 12.4. The number of phenols is 2. The Kier molecular flexibility index (Phi) is 31.1. The standard InChI is InChI=1S/C17H18O7S.C8H8O4.C6H6.5CH2O3/c1-17(2,3)13-10-11(18)8-9-15(13)23-16(19)12-6-4-5-7-14(12)24-25(20,21)22;1-5-4-6(9)2-3-7(5)12-8(10)11;1-2-4-6-5-3-1;5*2-1(3)4/h4-10,18H,1-3H3,(H,20,21,22);2-4,9H,1H3,(H,10,11);1-6H;5*(H2,2,3,4). The number of benzene rings is 4. The van der Waals surface area contributed by atoms with Gasteiger partial charge in [-0.05, 0) is 66.4 Å². The van der Waals surface area contributed by atoms with Crippen molar-refractivity contribution in [2.45, 2.75) is 33.1 Å². The normalized spacial score (nSPS) is 9.16. The third-order valence-electron chi connectivity index (χ3n) is 5.30. The Morgan fingerprint density at radius 2 is 0.841 bits per heavy atom. The number of para-hydroxylation sites is 1. The summed E-state index contributed by atoms with van der Waals surface area (Å²) in [6.07, 6.45) is -10.5. The molecule has 4 aromatic rings. The zero-order valence-corrected chi connectivity index (χ0v) is 33.6. The van der Waals surface area contributed by atoms with Crippen LogP contribution in [0.5, 0.6) is 28.7 Å². The van der Waals surface area contributed by atoms with Crippen molar-refractivity contribution in [3.63, 3.8) is 0 Å². The minimum Gasteiger partial charge on any atom is -0.508 e. The molecule has 0 aliphatic heterocycles. The van der Waals surface area contributed by atoms with Gasteiger partial charge in [-0.2, -0.15) is 8.42 Å². The average Bonchev–Trinajstić information content (AvgIpc) is 3.09. The van der Waals surface area contributed by atoms with E-state index >= 15 is 0 Å². The number of carbonyl (C=O) groups is 7. The quantitative estimate of drug-likeness (QED) is 0.0395. The maximum Gasteiger partial charge on any atom is 0.511 e. The summed E-state index contributed by atoms with van der Waals surface area (Å²) >= 11 is 0. The highest BCUT2D eigenvalue weighted by atomic mass is 32.3. The number of aryl methyl sites for hydroxylation is 1. The third-order valence-corrected chi connectivity index (χ3v) is 5.69. The second-order valence-electron chi connectivity index (χ2n) is 11.2. The highest BCUT2D eigenvalue weighted by molar-refractivity contribution is 7.81. The van der Waals surface area contributed by atoms with Crippen molar-refractivity contribution in [3.8, 4) is 28.7 Å². The number of esters is 1. The summed E-state index contributed by atoms with van der Waals surface area (Å²) in [5.74, 6) is -0.649. The summed E-state index contributed by atoms with van der Waals surface area (Å²) in [5, 5.41) is 96.6. The number of phenolic OH excluding ortho intramolecular Hbond substituents is 2. The van der Waals surface area contributed by atoms with Gasteiger partial charge in [0.2, 0.25) is 0 Å². The molecule has 4 rings (SSSR count). The Bertz CT molecular complexity index is 2030. The molecule has 0 amide bonds. The van der Waals surface area contributed by atoms with Crippen LogP contribution in [0, 0.1) is 6.92 Å². The molecular weight excluding hydrogens is 880 g/mol. The first-order chi connectivity index (χ1) is 28.7. The second kappa shape index (κ2) is 32.2. The van der Waals surface area contributed by atoms with E-state index in [1.165, 1.54) is 60.7 Å². The van der Waals surface area contributed by atoms with Crippen molar-refractivity contribution in [1.29, 1.82) is 0 Å². The SMILES string of the molecule is CC(C)(C)c1cc(O)ccc1OC(=O)c1ccccc1OS(=O)(=O)O.Cc1cc(O)ccc1OC(=O)O.O=C(O)O.O=C(O)O.O=C(O)O.O=C(O)O.O=C(O)O.c1ccccc1. The molecule has 63 heavy (non-hydrogen) atoms. The summed E-state index contributed by atoms with van der Waals surface area (Å²) in [6.45, 7) is 7.30. The van der Waals surface area contributed by atoms with Crippen LogP contribution in [-0.4, -0.2) is 122 Å². The predicted octanol–water partition coefficient (Wildman–Crippen LogP) is 7.65. The lowest BCUT2D eigenvalue weighted by Crippen LogP contribution is -2.17. The van der Waals surface area contributed by atoms with Crippen molar-refractivity contribution in [2.75, 3.05) is 0 Å². The Morgan fingerprint density at radius 1 is 0.492 bits per heavy atom. The highest BCUT2D eigenvalue weighted by Gasteiger charge is 2.24. The molecule has 26 nitrogen and oxygen atoms in total.